The molecule has 0 aromatic carbocycles. The van der Waals surface area contributed by atoms with E-state index < -0.39 is 11.7 Å². The van der Waals surface area contributed by atoms with Crippen molar-refractivity contribution in [3.8, 4) is 11.1 Å². The lowest BCUT2D eigenvalue weighted by Gasteiger charge is -2.22. The Bertz CT molecular complexity index is 940. The van der Waals surface area contributed by atoms with Crippen LogP contribution in [0.25, 0.3) is 16.6 Å². The highest BCUT2D eigenvalue weighted by molar-refractivity contribution is 6.43. The van der Waals surface area contributed by atoms with Gasteiger partial charge in [0.05, 0.1) is 0 Å². The molecule has 0 saturated heterocycles. The third-order valence-corrected chi connectivity index (χ3v) is 5.01. The lowest BCUT2D eigenvalue weighted by atomic mass is 9.95. The van der Waals surface area contributed by atoms with Crippen LogP contribution in [0.3, 0.4) is 0 Å². The second-order valence-electron chi connectivity index (χ2n) is 6.78. The summed E-state index contributed by atoms with van der Waals surface area (Å²) in [5.74, 6) is -1.02. The number of rotatable bonds is 4. The van der Waals surface area contributed by atoms with E-state index in [9.17, 15) is 9.59 Å². The molecule has 1 fully saturated rings. The lowest BCUT2D eigenvalue weighted by molar-refractivity contribution is -0.117. The van der Waals surface area contributed by atoms with Gasteiger partial charge in [-0.15, -0.1) is 0 Å². The van der Waals surface area contributed by atoms with Crippen molar-refractivity contribution in [2.45, 2.75) is 38.1 Å². The van der Waals surface area contributed by atoms with Gasteiger partial charge in [0, 0.05) is 41.3 Å². The standard InChI is InChI=1S/C21H21N3O2/c25-20(21(26)23-16-8-2-1-3-9-16)19-18(15-7-6-11-22-14-15)13-17-10-4-5-12-24(17)19/h4-7,10-14,16H,1-3,8-9H2,(H,23,26). The van der Waals surface area contributed by atoms with Gasteiger partial charge >= 0.3 is 0 Å². The zero-order valence-corrected chi connectivity index (χ0v) is 14.5. The number of Topliss-reactive ketones (excluding diaryl/α,β-unsaturated/α-hetero) is 1. The van der Waals surface area contributed by atoms with Crippen LogP contribution < -0.4 is 5.32 Å². The molecule has 4 rings (SSSR count). The Kier molecular flexibility index (Phi) is 4.52. The summed E-state index contributed by atoms with van der Waals surface area (Å²) in [5, 5.41) is 2.93. The van der Waals surface area contributed by atoms with Gasteiger partial charge in [-0.2, -0.15) is 0 Å². The van der Waals surface area contributed by atoms with Crippen LogP contribution >= 0.6 is 0 Å². The average molecular weight is 347 g/mol. The smallest absolute Gasteiger partial charge is 0.294 e. The Labute approximate surface area is 152 Å². The number of hydrogen-bond acceptors (Lipinski definition) is 3. The molecule has 1 aliphatic carbocycles. The lowest BCUT2D eigenvalue weighted by Crippen LogP contribution is -2.40. The molecule has 1 aliphatic rings. The van der Waals surface area contributed by atoms with Crippen LogP contribution in [0.4, 0.5) is 0 Å². The molecule has 3 aromatic heterocycles. The van der Waals surface area contributed by atoms with E-state index >= 15 is 0 Å². The summed E-state index contributed by atoms with van der Waals surface area (Å²) in [6, 6.07) is 11.5. The number of amides is 1. The van der Waals surface area contributed by atoms with Crippen LogP contribution in [0.15, 0.2) is 55.0 Å². The maximum atomic E-state index is 13.0. The van der Waals surface area contributed by atoms with E-state index in [1.807, 2.05) is 42.6 Å². The molecule has 0 aliphatic heterocycles. The van der Waals surface area contributed by atoms with E-state index in [0.717, 1.165) is 42.3 Å². The van der Waals surface area contributed by atoms with Gasteiger partial charge < -0.3 is 9.72 Å². The molecule has 3 heterocycles. The minimum atomic E-state index is -0.522. The number of carbonyl (C=O) groups is 2. The summed E-state index contributed by atoms with van der Waals surface area (Å²) in [6.07, 6.45) is 10.5. The molecule has 1 N–H and O–H groups in total. The van der Waals surface area contributed by atoms with Gasteiger partial charge in [-0.25, -0.2) is 0 Å². The Balaban J connectivity index is 1.72. The van der Waals surface area contributed by atoms with E-state index in [2.05, 4.69) is 10.3 Å². The fourth-order valence-corrected chi connectivity index (χ4v) is 3.70. The highest BCUT2D eigenvalue weighted by atomic mass is 16.2. The molecule has 0 atom stereocenters. The molecule has 0 unspecified atom stereocenters. The normalized spacial score (nSPS) is 15.1. The molecular weight excluding hydrogens is 326 g/mol. The molecule has 132 valence electrons. The molecular formula is C21H21N3O2. The predicted octanol–water partition coefficient (Wildman–Crippen LogP) is 3.63. The maximum absolute atomic E-state index is 13.0. The van der Waals surface area contributed by atoms with Gasteiger partial charge in [-0.1, -0.05) is 31.4 Å². The number of nitrogens with one attached hydrogen (secondary N) is 1. The Hall–Kier alpha value is -2.95. The van der Waals surface area contributed by atoms with Crippen molar-refractivity contribution in [2.75, 3.05) is 0 Å². The van der Waals surface area contributed by atoms with Gasteiger partial charge in [0.15, 0.2) is 0 Å². The summed E-state index contributed by atoms with van der Waals surface area (Å²) in [6.45, 7) is 0. The van der Waals surface area contributed by atoms with Crippen LogP contribution in [0.1, 0.15) is 42.6 Å². The van der Waals surface area contributed by atoms with E-state index in [1.54, 1.807) is 16.8 Å². The van der Waals surface area contributed by atoms with Gasteiger partial charge in [-0.05, 0) is 37.1 Å². The minimum absolute atomic E-state index is 0.105. The monoisotopic (exact) mass is 347 g/mol. The number of aromatic nitrogens is 2. The third-order valence-electron chi connectivity index (χ3n) is 5.01. The van der Waals surface area contributed by atoms with Crippen LogP contribution in [0, 0.1) is 0 Å². The molecule has 0 bridgehead atoms. The van der Waals surface area contributed by atoms with Crippen molar-refractivity contribution in [1.82, 2.24) is 14.7 Å². The zero-order valence-electron chi connectivity index (χ0n) is 14.5. The van der Waals surface area contributed by atoms with E-state index in [-0.39, 0.29) is 6.04 Å². The average Bonchev–Trinajstić information content (AvgIpc) is 3.08. The zero-order chi connectivity index (χ0) is 17.9. The van der Waals surface area contributed by atoms with Crippen molar-refractivity contribution in [2.24, 2.45) is 0 Å². The van der Waals surface area contributed by atoms with E-state index in [1.165, 1.54) is 6.42 Å². The molecule has 3 aromatic rings. The molecule has 1 saturated carbocycles. The summed E-state index contributed by atoms with van der Waals surface area (Å²) < 4.78 is 1.78. The predicted molar refractivity (Wildman–Crippen MR) is 100.0 cm³/mol. The summed E-state index contributed by atoms with van der Waals surface area (Å²) >= 11 is 0. The van der Waals surface area contributed by atoms with E-state index in [0.29, 0.717) is 5.69 Å². The van der Waals surface area contributed by atoms with Crippen molar-refractivity contribution < 1.29 is 9.59 Å². The quantitative estimate of drug-likeness (QED) is 0.579. The topological polar surface area (TPSA) is 63.5 Å². The largest absolute Gasteiger partial charge is 0.346 e. The minimum Gasteiger partial charge on any atom is -0.346 e. The molecule has 0 radical (unpaired) electrons. The second-order valence-corrected chi connectivity index (χ2v) is 6.78. The third kappa shape index (κ3) is 3.12. The maximum Gasteiger partial charge on any atom is 0.294 e. The number of fused-ring (bicyclic) bond motifs is 1. The first-order valence-corrected chi connectivity index (χ1v) is 9.10. The highest BCUT2D eigenvalue weighted by Gasteiger charge is 2.26. The first-order chi connectivity index (χ1) is 12.7. The molecule has 1 amide bonds. The number of hydrogen-bond donors (Lipinski definition) is 1. The molecule has 26 heavy (non-hydrogen) atoms. The summed E-state index contributed by atoms with van der Waals surface area (Å²) in [5.41, 5.74) is 2.82. The van der Waals surface area contributed by atoms with Gasteiger partial charge in [0.1, 0.15) is 5.69 Å². The number of carbonyl (C=O) groups excluding carboxylic acids is 2. The van der Waals surface area contributed by atoms with Crippen molar-refractivity contribution >= 4 is 17.2 Å². The Morgan fingerprint density at radius 3 is 2.69 bits per heavy atom. The molecule has 5 nitrogen and oxygen atoms in total. The fourth-order valence-electron chi connectivity index (χ4n) is 3.70. The number of ketones is 1. The Morgan fingerprint density at radius 1 is 1.08 bits per heavy atom. The van der Waals surface area contributed by atoms with Crippen molar-refractivity contribution in [3.63, 3.8) is 0 Å². The van der Waals surface area contributed by atoms with Crippen LogP contribution in [-0.4, -0.2) is 27.1 Å². The van der Waals surface area contributed by atoms with Crippen LogP contribution in [-0.2, 0) is 4.79 Å². The second kappa shape index (κ2) is 7.12. The first kappa shape index (κ1) is 16.5. The van der Waals surface area contributed by atoms with Gasteiger partial charge in [-0.3, -0.25) is 14.6 Å². The fraction of sp³-hybridized carbons (Fsp3) is 0.286. The summed E-state index contributed by atoms with van der Waals surface area (Å²) in [7, 11) is 0. The van der Waals surface area contributed by atoms with Crippen LogP contribution in [0.2, 0.25) is 0 Å². The SMILES string of the molecule is O=C(NC1CCCCC1)C(=O)c1c(-c2cccnc2)cc2ccccn12. The Morgan fingerprint density at radius 2 is 1.92 bits per heavy atom. The van der Waals surface area contributed by atoms with Crippen molar-refractivity contribution in [3.05, 3.63) is 60.7 Å². The summed E-state index contributed by atoms with van der Waals surface area (Å²) in [4.78, 5) is 29.8. The number of pyridine rings is 2. The highest BCUT2D eigenvalue weighted by Crippen LogP contribution is 2.28. The number of nitrogens with zero attached hydrogens (tertiary/aromatic N) is 2. The van der Waals surface area contributed by atoms with Crippen LogP contribution in [0.5, 0.6) is 0 Å². The molecule has 5 heteroatoms. The van der Waals surface area contributed by atoms with Gasteiger partial charge in [0.25, 0.3) is 11.7 Å². The van der Waals surface area contributed by atoms with Crippen molar-refractivity contribution in [1.29, 1.82) is 0 Å². The van der Waals surface area contributed by atoms with Gasteiger partial charge in [0.2, 0.25) is 0 Å². The van der Waals surface area contributed by atoms with E-state index in [4.69, 9.17) is 0 Å². The molecule has 0 spiro atoms. The first-order valence-electron chi connectivity index (χ1n) is 9.10.